The summed E-state index contributed by atoms with van der Waals surface area (Å²) in [5, 5.41) is 0. The standard InChI is InChI=1S/C22H24N3.C5H5.Fe/c1-16-10-11-19(14-17(16)2)21-15-20(18-8-4-5-9-18)23-22(24-21)25-12-6-3-7-13-25;1-2-4-5-3-1;/h4-5,8-11,14-15H,3,6-7,12-13H2,1-2H3;1-5H;/q;;+2. The molecule has 2 saturated carbocycles. The van der Waals surface area contributed by atoms with Crippen molar-refractivity contribution >= 4 is 5.95 Å². The van der Waals surface area contributed by atoms with Crippen molar-refractivity contribution < 1.29 is 17.1 Å². The monoisotopic (exact) mass is 451 g/mol. The molecule has 3 nitrogen and oxygen atoms in total. The van der Waals surface area contributed by atoms with Crippen LogP contribution < -0.4 is 4.90 Å². The van der Waals surface area contributed by atoms with Crippen LogP contribution in [0.2, 0.25) is 0 Å². The Morgan fingerprint density at radius 1 is 0.677 bits per heavy atom. The first-order chi connectivity index (χ1) is 14.7. The van der Waals surface area contributed by atoms with Crippen LogP contribution in [0.1, 0.15) is 36.1 Å². The van der Waals surface area contributed by atoms with Crippen molar-refractivity contribution in [1.29, 1.82) is 0 Å². The molecule has 4 heteroatoms. The van der Waals surface area contributed by atoms with Gasteiger partial charge in [-0.15, -0.1) is 0 Å². The number of aromatic nitrogens is 2. The van der Waals surface area contributed by atoms with Gasteiger partial charge < -0.3 is 4.90 Å². The Balaban J connectivity index is 0.000000401. The Morgan fingerprint density at radius 2 is 1.29 bits per heavy atom. The minimum Gasteiger partial charge on any atom is -0.341 e. The molecule has 1 aromatic heterocycles. The van der Waals surface area contributed by atoms with Gasteiger partial charge in [-0.1, -0.05) is 12.1 Å². The molecule has 1 aromatic carbocycles. The van der Waals surface area contributed by atoms with E-state index in [0.29, 0.717) is 0 Å². The van der Waals surface area contributed by atoms with Crippen LogP contribution in [0.3, 0.4) is 0 Å². The molecule has 31 heavy (non-hydrogen) atoms. The number of hydrogen-bond donors (Lipinski definition) is 0. The molecule has 1 aliphatic heterocycles. The first-order valence-corrected chi connectivity index (χ1v) is 10.8. The maximum absolute atomic E-state index is 4.92. The van der Waals surface area contributed by atoms with Crippen molar-refractivity contribution in [1.82, 2.24) is 9.97 Å². The second kappa shape index (κ2) is 12.0. The number of piperidine rings is 1. The second-order valence-electron chi connectivity index (χ2n) is 7.92. The molecule has 0 unspecified atom stereocenters. The molecule has 0 atom stereocenters. The fourth-order valence-corrected chi connectivity index (χ4v) is 3.73. The van der Waals surface area contributed by atoms with Crippen LogP contribution in [-0.4, -0.2) is 23.1 Å². The summed E-state index contributed by atoms with van der Waals surface area (Å²) in [6, 6.07) is 8.69. The zero-order valence-electron chi connectivity index (χ0n) is 18.2. The maximum Gasteiger partial charge on any atom is 2.00 e. The first kappa shape index (κ1) is 24.3. The summed E-state index contributed by atoms with van der Waals surface area (Å²) in [6.45, 7) is 6.41. The minimum absolute atomic E-state index is 0. The fraction of sp³-hybridized carbons (Fsp3) is 0.259. The summed E-state index contributed by atoms with van der Waals surface area (Å²) < 4.78 is 0. The van der Waals surface area contributed by atoms with Crippen LogP contribution in [0.25, 0.3) is 11.3 Å². The molecule has 1 saturated heterocycles. The largest absolute Gasteiger partial charge is 2.00 e. The number of benzene rings is 1. The Morgan fingerprint density at radius 3 is 1.90 bits per heavy atom. The van der Waals surface area contributed by atoms with Crippen LogP contribution in [0.15, 0.2) is 24.3 Å². The van der Waals surface area contributed by atoms with Gasteiger partial charge in [-0.2, -0.15) is 0 Å². The third-order valence-electron chi connectivity index (χ3n) is 5.67. The average molecular weight is 451 g/mol. The van der Waals surface area contributed by atoms with Crippen LogP contribution in [0, 0.1) is 77.6 Å². The Hall–Kier alpha value is -1.38. The number of hydrogen-bond acceptors (Lipinski definition) is 3. The normalized spacial score (nSPS) is 19.0. The molecule has 0 amide bonds. The molecular weight excluding hydrogens is 422 g/mol. The van der Waals surface area contributed by atoms with Crippen LogP contribution in [-0.2, 0) is 17.1 Å². The fourth-order valence-electron chi connectivity index (χ4n) is 3.73. The van der Waals surface area contributed by atoms with Gasteiger partial charge >= 0.3 is 17.1 Å². The predicted molar refractivity (Wildman–Crippen MR) is 124 cm³/mol. The van der Waals surface area contributed by atoms with Crippen LogP contribution in [0.4, 0.5) is 5.95 Å². The van der Waals surface area contributed by atoms with Crippen LogP contribution in [0.5, 0.6) is 0 Å². The summed E-state index contributed by atoms with van der Waals surface area (Å²) in [5.74, 6) is 2.03. The summed E-state index contributed by atoms with van der Waals surface area (Å²) in [5.41, 5.74) is 5.79. The van der Waals surface area contributed by atoms with Gasteiger partial charge in [-0.3, -0.25) is 0 Å². The molecule has 0 bridgehead atoms. The van der Waals surface area contributed by atoms with Crippen molar-refractivity contribution in [3.05, 3.63) is 105 Å². The van der Waals surface area contributed by atoms with Gasteiger partial charge in [-0.25, -0.2) is 9.97 Å². The van der Waals surface area contributed by atoms with E-state index in [9.17, 15) is 0 Å². The molecule has 0 spiro atoms. The molecule has 2 aromatic rings. The van der Waals surface area contributed by atoms with Gasteiger partial charge in [0.05, 0.1) is 11.4 Å². The molecule has 2 heterocycles. The Bertz CT molecular complexity index is 812. The first-order valence-electron chi connectivity index (χ1n) is 10.8. The molecular formula is C27H29FeN3+2. The summed E-state index contributed by atoms with van der Waals surface area (Å²) in [6.07, 6.45) is 22.1. The van der Waals surface area contributed by atoms with Crippen LogP contribution >= 0.6 is 0 Å². The molecule has 0 N–H and O–H groups in total. The number of aryl methyl sites for hydroxylation is 2. The Labute approximate surface area is 199 Å². The van der Waals surface area contributed by atoms with E-state index in [-0.39, 0.29) is 17.1 Å². The molecule has 158 valence electrons. The van der Waals surface area contributed by atoms with E-state index in [4.69, 9.17) is 9.97 Å². The van der Waals surface area contributed by atoms with E-state index >= 15 is 0 Å². The zero-order chi connectivity index (χ0) is 20.8. The van der Waals surface area contributed by atoms with E-state index in [0.717, 1.165) is 41.9 Å². The van der Waals surface area contributed by atoms with Gasteiger partial charge in [-0.05, 0) is 114 Å². The molecule has 5 rings (SSSR count). The molecule has 2 aliphatic carbocycles. The minimum atomic E-state index is 0. The van der Waals surface area contributed by atoms with Crippen molar-refractivity contribution in [2.75, 3.05) is 18.0 Å². The average Bonchev–Trinajstić information content (AvgIpc) is 3.53. The Kier molecular flexibility index (Phi) is 9.41. The number of nitrogens with zero attached hydrogens (tertiary/aromatic N) is 3. The van der Waals surface area contributed by atoms with E-state index in [1.165, 1.54) is 30.4 Å². The van der Waals surface area contributed by atoms with Gasteiger partial charge in [0.1, 0.15) is 0 Å². The number of rotatable bonds is 3. The SMILES string of the molecule is Cc1ccc(-c2cc([C]3[CH][CH][CH][CH]3)nc(N3CCCCC3)n2)cc1C.[CH]1[CH][CH][CH][CH]1.[Fe+2]. The van der Waals surface area contributed by atoms with E-state index in [1.807, 2.05) is 32.1 Å². The quantitative estimate of drug-likeness (QED) is 0.576. The van der Waals surface area contributed by atoms with Gasteiger partial charge in [0.2, 0.25) is 5.95 Å². The zero-order valence-corrected chi connectivity index (χ0v) is 19.3. The van der Waals surface area contributed by atoms with E-state index in [2.05, 4.69) is 68.7 Å². The van der Waals surface area contributed by atoms with E-state index in [1.54, 1.807) is 0 Å². The van der Waals surface area contributed by atoms with Crippen molar-refractivity contribution in [2.24, 2.45) is 0 Å². The van der Waals surface area contributed by atoms with E-state index < -0.39 is 0 Å². The van der Waals surface area contributed by atoms with Crippen molar-refractivity contribution in [3.8, 4) is 11.3 Å². The second-order valence-corrected chi connectivity index (χ2v) is 7.92. The van der Waals surface area contributed by atoms with Crippen molar-refractivity contribution in [2.45, 2.75) is 33.1 Å². The third-order valence-corrected chi connectivity index (χ3v) is 5.67. The summed E-state index contributed by atoms with van der Waals surface area (Å²) in [7, 11) is 0. The van der Waals surface area contributed by atoms with Crippen molar-refractivity contribution in [3.63, 3.8) is 0 Å². The summed E-state index contributed by atoms with van der Waals surface area (Å²) in [4.78, 5) is 12.1. The molecule has 3 aliphatic rings. The smallest absolute Gasteiger partial charge is 0.341 e. The molecule has 10 radical (unpaired) electrons. The van der Waals surface area contributed by atoms with Gasteiger partial charge in [0.25, 0.3) is 0 Å². The molecule has 3 fully saturated rings. The third kappa shape index (κ3) is 6.56. The van der Waals surface area contributed by atoms with Gasteiger partial charge in [0, 0.05) is 24.6 Å². The number of anilines is 1. The maximum atomic E-state index is 4.92. The predicted octanol–water partition coefficient (Wildman–Crippen LogP) is 5.52. The topological polar surface area (TPSA) is 29.0 Å². The summed E-state index contributed by atoms with van der Waals surface area (Å²) >= 11 is 0. The van der Waals surface area contributed by atoms with Gasteiger partial charge in [0.15, 0.2) is 0 Å².